The lowest BCUT2D eigenvalue weighted by Crippen LogP contribution is -2.11. The molecule has 0 atom stereocenters. The summed E-state index contributed by atoms with van der Waals surface area (Å²) in [6, 6.07) is 3.90. The summed E-state index contributed by atoms with van der Waals surface area (Å²) < 4.78 is 1.08. The van der Waals surface area contributed by atoms with Crippen LogP contribution in [0.2, 0.25) is 0 Å². The lowest BCUT2D eigenvalue weighted by Gasteiger charge is -2.22. The summed E-state index contributed by atoms with van der Waals surface area (Å²) >= 11 is 3.56. The molecule has 15 heavy (non-hydrogen) atoms. The molecular weight excluding hydrogens is 252 g/mol. The molecule has 1 aromatic rings. The van der Waals surface area contributed by atoms with Crippen LogP contribution < -0.4 is 0 Å². The normalized spacial score (nSPS) is 12.2. The van der Waals surface area contributed by atoms with Crippen LogP contribution in [0.15, 0.2) is 16.6 Å². The Bertz CT molecular complexity index is 362. The van der Waals surface area contributed by atoms with Gasteiger partial charge >= 0.3 is 0 Å². The van der Waals surface area contributed by atoms with Crippen LogP contribution in [0.5, 0.6) is 5.75 Å². The molecular formula is C13H19BrO. The molecule has 84 valence electrons. The Hall–Kier alpha value is -0.500. The molecule has 2 heteroatoms. The van der Waals surface area contributed by atoms with Crippen LogP contribution in [0.4, 0.5) is 0 Å². The van der Waals surface area contributed by atoms with Gasteiger partial charge in [0.2, 0.25) is 0 Å². The van der Waals surface area contributed by atoms with Gasteiger partial charge in [0.1, 0.15) is 5.75 Å². The van der Waals surface area contributed by atoms with Gasteiger partial charge in [-0.05, 0) is 29.0 Å². The number of hydrogen-bond acceptors (Lipinski definition) is 1. The van der Waals surface area contributed by atoms with Crippen LogP contribution in [0.3, 0.4) is 0 Å². The van der Waals surface area contributed by atoms with Crippen molar-refractivity contribution in [2.45, 2.75) is 46.0 Å². The number of phenolic OH excluding ortho intramolecular Hbond substituents is 1. The minimum atomic E-state index is -0.0257. The fourth-order valence-corrected chi connectivity index (χ4v) is 2.42. The van der Waals surface area contributed by atoms with Crippen molar-refractivity contribution >= 4 is 15.9 Å². The molecule has 0 bridgehead atoms. The number of rotatable bonds is 1. The van der Waals surface area contributed by atoms with E-state index in [1.54, 1.807) is 0 Å². The lowest BCUT2D eigenvalue weighted by atomic mass is 9.85. The topological polar surface area (TPSA) is 20.2 Å². The van der Waals surface area contributed by atoms with Gasteiger partial charge in [-0.3, -0.25) is 0 Å². The highest BCUT2D eigenvalue weighted by atomic mass is 79.9. The van der Waals surface area contributed by atoms with Crippen LogP contribution in [0.25, 0.3) is 0 Å². The molecule has 1 rings (SSSR count). The van der Waals surface area contributed by atoms with Crippen LogP contribution in [-0.4, -0.2) is 5.11 Å². The van der Waals surface area contributed by atoms with Gasteiger partial charge in [-0.2, -0.15) is 0 Å². The molecule has 1 N–H and O–H groups in total. The quantitative estimate of drug-likeness (QED) is 0.792. The van der Waals surface area contributed by atoms with E-state index in [1.165, 1.54) is 0 Å². The Balaban J connectivity index is 3.32. The molecule has 0 saturated carbocycles. The van der Waals surface area contributed by atoms with Gasteiger partial charge in [0.05, 0.1) is 0 Å². The molecule has 0 aliphatic heterocycles. The number of benzene rings is 1. The Kier molecular flexibility index (Phi) is 3.49. The third kappa shape index (κ3) is 2.75. The number of phenols is 1. The van der Waals surface area contributed by atoms with Crippen LogP contribution >= 0.6 is 15.9 Å². The van der Waals surface area contributed by atoms with Gasteiger partial charge < -0.3 is 5.11 Å². The van der Waals surface area contributed by atoms with E-state index in [0.717, 1.165) is 15.6 Å². The van der Waals surface area contributed by atoms with E-state index < -0.39 is 0 Å². The summed E-state index contributed by atoms with van der Waals surface area (Å²) in [7, 11) is 0. The Labute approximate surface area is 101 Å². The van der Waals surface area contributed by atoms with Gasteiger partial charge in [0.15, 0.2) is 0 Å². The van der Waals surface area contributed by atoms with E-state index in [9.17, 15) is 5.11 Å². The molecule has 0 aliphatic carbocycles. The van der Waals surface area contributed by atoms with E-state index in [0.29, 0.717) is 11.7 Å². The second-order valence-electron chi connectivity index (χ2n) is 5.30. The average molecular weight is 271 g/mol. The van der Waals surface area contributed by atoms with Crippen molar-refractivity contribution < 1.29 is 5.11 Å². The van der Waals surface area contributed by atoms with E-state index in [-0.39, 0.29) is 5.41 Å². The standard InChI is InChI=1S/C13H19BrO/c1-8(2)9-6-12(15)10(7-11(9)14)13(3,4)5/h6-8,15H,1-5H3. The minimum Gasteiger partial charge on any atom is -0.508 e. The average Bonchev–Trinajstić information content (AvgIpc) is 2.06. The van der Waals surface area contributed by atoms with Gasteiger partial charge in [-0.15, -0.1) is 0 Å². The third-order valence-electron chi connectivity index (χ3n) is 2.55. The van der Waals surface area contributed by atoms with E-state index in [1.807, 2.05) is 12.1 Å². The molecule has 0 fully saturated rings. The zero-order valence-corrected chi connectivity index (χ0v) is 11.6. The van der Waals surface area contributed by atoms with Crippen molar-refractivity contribution in [3.8, 4) is 5.75 Å². The number of hydrogen-bond donors (Lipinski definition) is 1. The summed E-state index contributed by atoms with van der Waals surface area (Å²) in [5.41, 5.74) is 2.11. The molecule has 0 unspecified atom stereocenters. The van der Waals surface area contributed by atoms with Crippen molar-refractivity contribution in [1.29, 1.82) is 0 Å². The second kappa shape index (κ2) is 4.17. The van der Waals surface area contributed by atoms with E-state index in [4.69, 9.17) is 0 Å². The fraction of sp³-hybridized carbons (Fsp3) is 0.538. The van der Waals surface area contributed by atoms with Crippen LogP contribution in [0, 0.1) is 0 Å². The second-order valence-corrected chi connectivity index (χ2v) is 6.15. The van der Waals surface area contributed by atoms with Crippen LogP contribution in [0.1, 0.15) is 51.7 Å². The predicted octanol–water partition coefficient (Wildman–Crippen LogP) is 4.58. The SMILES string of the molecule is CC(C)c1cc(O)c(C(C)(C)C)cc1Br. The smallest absolute Gasteiger partial charge is 0.119 e. The van der Waals surface area contributed by atoms with Gasteiger partial charge in [-0.25, -0.2) is 0 Å². The summed E-state index contributed by atoms with van der Waals surface area (Å²) in [5, 5.41) is 9.98. The van der Waals surface area contributed by atoms with Crippen molar-refractivity contribution in [2.75, 3.05) is 0 Å². The molecule has 0 spiro atoms. The maximum atomic E-state index is 9.98. The number of halogens is 1. The first-order valence-electron chi connectivity index (χ1n) is 5.26. The highest BCUT2D eigenvalue weighted by Crippen LogP contribution is 2.37. The highest BCUT2D eigenvalue weighted by Gasteiger charge is 2.20. The monoisotopic (exact) mass is 270 g/mol. The van der Waals surface area contributed by atoms with Crippen molar-refractivity contribution in [3.05, 3.63) is 27.7 Å². The van der Waals surface area contributed by atoms with E-state index in [2.05, 4.69) is 50.5 Å². The van der Waals surface area contributed by atoms with Crippen molar-refractivity contribution in [2.24, 2.45) is 0 Å². The Morgan fingerprint density at radius 2 is 1.73 bits per heavy atom. The maximum absolute atomic E-state index is 9.98. The largest absolute Gasteiger partial charge is 0.508 e. The van der Waals surface area contributed by atoms with E-state index >= 15 is 0 Å². The zero-order chi connectivity index (χ0) is 11.8. The first-order chi connectivity index (χ1) is 6.73. The summed E-state index contributed by atoms with van der Waals surface area (Å²) in [4.78, 5) is 0. The molecule has 0 amide bonds. The zero-order valence-electron chi connectivity index (χ0n) is 10.1. The highest BCUT2D eigenvalue weighted by molar-refractivity contribution is 9.10. The Morgan fingerprint density at radius 3 is 2.13 bits per heavy atom. The summed E-state index contributed by atoms with van der Waals surface area (Å²) in [6.07, 6.45) is 0. The third-order valence-corrected chi connectivity index (χ3v) is 3.23. The maximum Gasteiger partial charge on any atom is 0.119 e. The summed E-state index contributed by atoms with van der Waals surface area (Å²) in [6.45, 7) is 10.5. The molecule has 0 aliphatic rings. The minimum absolute atomic E-state index is 0.0257. The van der Waals surface area contributed by atoms with Crippen molar-refractivity contribution in [3.63, 3.8) is 0 Å². The fourth-order valence-electron chi connectivity index (χ4n) is 1.62. The lowest BCUT2D eigenvalue weighted by molar-refractivity contribution is 0.445. The first-order valence-corrected chi connectivity index (χ1v) is 6.05. The van der Waals surface area contributed by atoms with Gasteiger partial charge in [0, 0.05) is 10.0 Å². The molecule has 0 aromatic heterocycles. The molecule has 0 heterocycles. The van der Waals surface area contributed by atoms with Crippen LogP contribution in [-0.2, 0) is 5.41 Å². The molecule has 1 aromatic carbocycles. The molecule has 0 radical (unpaired) electrons. The predicted molar refractivity (Wildman–Crippen MR) is 68.6 cm³/mol. The summed E-state index contributed by atoms with van der Waals surface area (Å²) in [5.74, 6) is 0.814. The molecule has 0 saturated heterocycles. The molecule has 1 nitrogen and oxygen atoms in total. The van der Waals surface area contributed by atoms with Gasteiger partial charge in [-0.1, -0.05) is 50.5 Å². The van der Waals surface area contributed by atoms with Gasteiger partial charge in [0.25, 0.3) is 0 Å². The Morgan fingerprint density at radius 1 is 1.20 bits per heavy atom. The number of aromatic hydroxyl groups is 1. The van der Waals surface area contributed by atoms with Crippen molar-refractivity contribution in [1.82, 2.24) is 0 Å². The first kappa shape index (κ1) is 12.6.